The maximum atomic E-state index is 2.67. The summed E-state index contributed by atoms with van der Waals surface area (Å²) >= 11 is 0. The van der Waals surface area contributed by atoms with E-state index in [0.717, 1.165) is 29.9 Å². The molecule has 0 saturated heterocycles. The molecule has 0 saturated carbocycles. The van der Waals surface area contributed by atoms with Crippen LogP contribution in [0.25, 0.3) is 22.3 Å². The van der Waals surface area contributed by atoms with Gasteiger partial charge >= 0.3 is 0 Å². The molecule has 2 heterocycles. The lowest BCUT2D eigenvalue weighted by atomic mass is 9.33. The molecule has 0 unspecified atom stereocenters. The molecule has 2 aliphatic heterocycles. The first kappa shape index (κ1) is 45.6. The van der Waals surface area contributed by atoms with E-state index in [-0.39, 0.29) is 23.0 Å². The van der Waals surface area contributed by atoms with Gasteiger partial charge in [-0.1, -0.05) is 170 Å². The van der Waals surface area contributed by atoms with E-state index in [4.69, 9.17) is 0 Å². The van der Waals surface area contributed by atoms with Crippen molar-refractivity contribution in [3.05, 3.63) is 228 Å². The Labute approximate surface area is 428 Å². The largest absolute Gasteiger partial charge is 0.311 e. The lowest BCUT2D eigenvalue weighted by molar-refractivity contribution is 0.332. The van der Waals surface area contributed by atoms with Gasteiger partial charge in [-0.3, -0.25) is 0 Å². The Hall–Kier alpha value is -7.56. The van der Waals surface area contributed by atoms with E-state index in [9.17, 15) is 0 Å². The Balaban J connectivity index is 1.21. The normalized spacial score (nSPS) is 15.0. The molecular weight excluding hydrogens is 870 g/mol. The molecule has 0 aromatic heterocycles. The van der Waals surface area contributed by atoms with Gasteiger partial charge in [0.1, 0.15) is 0 Å². The van der Waals surface area contributed by atoms with Gasteiger partial charge in [0, 0.05) is 51.1 Å². The predicted octanol–water partition coefficient (Wildman–Crippen LogP) is 16.8. The SMILES string of the molecule is Cc1cc2c3c(c1)N(c1ccc(C(C)(C)C)cc1-c1ccccc1)c1cc4c(cc1B3c1cc(N(c3ccccc3)c3ccccc3)ccc1N2c1cc(-c2ccccc2)ccc1C)C(C)(C)CCC4(C)C. The second-order valence-corrected chi connectivity index (χ2v) is 23.0. The number of hydrogen-bond acceptors (Lipinski definition) is 3. The van der Waals surface area contributed by atoms with Crippen molar-refractivity contribution in [2.45, 2.75) is 91.4 Å². The molecule has 3 nitrogen and oxygen atoms in total. The molecule has 0 bridgehead atoms. The lowest BCUT2D eigenvalue weighted by Gasteiger charge is -2.48. The quantitative estimate of drug-likeness (QED) is 0.147. The van der Waals surface area contributed by atoms with Crippen LogP contribution in [0.4, 0.5) is 51.2 Å². The van der Waals surface area contributed by atoms with Crippen molar-refractivity contribution in [2.24, 2.45) is 0 Å². The molecule has 0 N–H and O–H groups in total. The fourth-order valence-corrected chi connectivity index (χ4v) is 12.2. The number of rotatable bonds is 7. The molecule has 0 radical (unpaired) electrons. The summed E-state index contributed by atoms with van der Waals surface area (Å²) in [5.41, 5.74) is 26.2. The summed E-state index contributed by atoms with van der Waals surface area (Å²) in [6.07, 6.45) is 2.28. The van der Waals surface area contributed by atoms with E-state index in [0.29, 0.717) is 0 Å². The Morgan fingerprint density at radius 1 is 0.431 bits per heavy atom. The monoisotopic (exact) mass is 934 g/mol. The van der Waals surface area contributed by atoms with Gasteiger partial charge in [-0.15, -0.1) is 0 Å². The Morgan fingerprint density at radius 3 is 1.56 bits per heavy atom. The first-order valence-electron chi connectivity index (χ1n) is 26.0. The van der Waals surface area contributed by atoms with Crippen LogP contribution in [0.2, 0.25) is 0 Å². The number of nitrogens with zero attached hydrogens (tertiary/aromatic N) is 3. The average Bonchev–Trinajstić information content (AvgIpc) is 3.38. The van der Waals surface area contributed by atoms with Gasteiger partial charge in [-0.25, -0.2) is 0 Å². The highest BCUT2D eigenvalue weighted by Crippen LogP contribution is 2.53. The highest BCUT2D eigenvalue weighted by atomic mass is 15.2. The van der Waals surface area contributed by atoms with Crippen molar-refractivity contribution in [3.8, 4) is 22.3 Å². The van der Waals surface area contributed by atoms with Crippen LogP contribution in [-0.2, 0) is 16.2 Å². The van der Waals surface area contributed by atoms with E-state index < -0.39 is 0 Å². The molecule has 0 amide bonds. The number of aryl methyl sites for hydroxylation is 2. The zero-order valence-electron chi connectivity index (χ0n) is 43.4. The lowest BCUT2D eigenvalue weighted by Crippen LogP contribution is -2.62. The van der Waals surface area contributed by atoms with Gasteiger partial charge < -0.3 is 14.7 Å². The van der Waals surface area contributed by atoms with Gasteiger partial charge in [-0.2, -0.15) is 0 Å². The Bertz CT molecular complexity index is 3500. The smallest absolute Gasteiger partial charge is 0.252 e. The van der Waals surface area contributed by atoms with Gasteiger partial charge in [0.25, 0.3) is 6.71 Å². The van der Waals surface area contributed by atoms with Crippen LogP contribution in [0.1, 0.15) is 89.1 Å². The maximum Gasteiger partial charge on any atom is 0.252 e. The highest BCUT2D eigenvalue weighted by Gasteiger charge is 2.47. The summed E-state index contributed by atoms with van der Waals surface area (Å²) in [5.74, 6) is 0. The summed E-state index contributed by atoms with van der Waals surface area (Å²) in [7, 11) is 0. The summed E-state index contributed by atoms with van der Waals surface area (Å²) in [6, 6.07) is 75.5. The van der Waals surface area contributed by atoms with Gasteiger partial charge in [0.15, 0.2) is 0 Å². The fraction of sp³-hybridized carbons (Fsp3) is 0.206. The zero-order chi connectivity index (χ0) is 49.7. The minimum Gasteiger partial charge on any atom is -0.311 e. The first-order chi connectivity index (χ1) is 34.7. The molecule has 9 aromatic carbocycles. The third kappa shape index (κ3) is 7.57. The molecule has 354 valence electrons. The highest BCUT2D eigenvalue weighted by molar-refractivity contribution is 7.00. The molecule has 9 aromatic rings. The molecule has 4 heteroatoms. The van der Waals surface area contributed by atoms with Gasteiger partial charge in [-0.05, 0) is 183 Å². The summed E-state index contributed by atoms with van der Waals surface area (Å²) in [6.45, 7) is 21.4. The van der Waals surface area contributed by atoms with Crippen molar-refractivity contribution >= 4 is 74.3 Å². The molecule has 3 aliphatic rings. The molecular formula is C68H64BN3. The van der Waals surface area contributed by atoms with E-state index in [2.05, 4.69) is 277 Å². The van der Waals surface area contributed by atoms with E-state index in [1.165, 1.54) is 101 Å². The summed E-state index contributed by atoms with van der Waals surface area (Å²) < 4.78 is 0. The third-order valence-corrected chi connectivity index (χ3v) is 16.2. The maximum absolute atomic E-state index is 2.67. The van der Waals surface area contributed by atoms with E-state index >= 15 is 0 Å². The van der Waals surface area contributed by atoms with Crippen LogP contribution < -0.4 is 31.1 Å². The summed E-state index contributed by atoms with van der Waals surface area (Å²) in [5, 5.41) is 0. The molecule has 72 heavy (non-hydrogen) atoms. The van der Waals surface area contributed by atoms with Crippen LogP contribution in [0, 0.1) is 13.8 Å². The van der Waals surface area contributed by atoms with Crippen molar-refractivity contribution in [3.63, 3.8) is 0 Å². The van der Waals surface area contributed by atoms with Crippen molar-refractivity contribution in [1.82, 2.24) is 0 Å². The van der Waals surface area contributed by atoms with Gasteiger partial charge in [0.2, 0.25) is 0 Å². The molecule has 0 atom stereocenters. The van der Waals surface area contributed by atoms with E-state index in [1.54, 1.807) is 0 Å². The average molecular weight is 934 g/mol. The zero-order valence-corrected chi connectivity index (χ0v) is 43.4. The third-order valence-electron chi connectivity index (χ3n) is 16.2. The van der Waals surface area contributed by atoms with Crippen molar-refractivity contribution < 1.29 is 0 Å². The number of benzene rings is 9. The van der Waals surface area contributed by atoms with Crippen LogP contribution in [0.15, 0.2) is 200 Å². The van der Waals surface area contributed by atoms with E-state index in [1.807, 2.05) is 0 Å². The van der Waals surface area contributed by atoms with Gasteiger partial charge in [0.05, 0.1) is 5.69 Å². The molecule has 0 spiro atoms. The summed E-state index contributed by atoms with van der Waals surface area (Å²) in [4.78, 5) is 7.70. The van der Waals surface area contributed by atoms with Crippen molar-refractivity contribution in [1.29, 1.82) is 0 Å². The van der Waals surface area contributed by atoms with Crippen LogP contribution in [0.3, 0.4) is 0 Å². The predicted molar refractivity (Wildman–Crippen MR) is 309 cm³/mol. The van der Waals surface area contributed by atoms with Crippen LogP contribution in [0.5, 0.6) is 0 Å². The molecule has 1 aliphatic carbocycles. The topological polar surface area (TPSA) is 9.72 Å². The van der Waals surface area contributed by atoms with Crippen LogP contribution in [-0.4, -0.2) is 6.71 Å². The standard InChI is InChI=1S/C68H64BN3/c1-45-38-63-65-64(39-45)72(61-40-49(31-30-46(61)2)47-22-14-10-15-23-47)60-35-33-53(70(51-26-18-12-19-27-51)52-28-20-13-21-29-52)42-57(60)69(65)58-43-55-56(68(8,9)37-36-67(55,6)7)44-62(58)71(63)59-34-32-50(66(3,4)5)41-54(59)48-24-16-11-17-25-48/h10-35,38-44H,36-37H2,1-9H3. The minimum absolute atomic E-state index is 0.00242. The second-order valence-electron chi connectivity index (χ2n) is 23.0. The van der Waals surface area contributed by atoms with Crippen molar-refractivity contribution in [2.75, 3.05) is 14.7 Å². The number of hydrogen-bond donors (Lipinski definition) is 0. The second kappa shape index (κ2) is 17.1. The fourth-order valence-electron chi connectivity index (χ4n) is 12.2. The van der Waals surface area contributed by atoms with Crippen LogP contribution >= 0.6 is 0 Å². The number of fused-ring (bicyclic) bond motifs is 5. The first-order valence-corrected chi connectivity index (χ1v) is 26.0. The minimum atomic E-state index is -0.0702. The Kier molecular flexibility index (Phi) is 10.8. The molecule has 0 fully saturated rings. The molecule has 12 rings (SSSR count). The Morgan fingerprint density at radius 2 is 0.958 bits per heavy atom. The number of para-hydroxylation sites is 2. The number of anilines is 9.